The van der Waals surface area contributed by atoms with Crippen LogP contribution in [0, 0.1) is 12.3 Å². The number of terminal acetylenes is 1. The van der Waals surface area contributed by atoms with Crippen molar-refractivity contribution in [1.82, 2.24) is 5.32 Å². The lowest BCUT2D eigenvalue weighted by atomic mass is 10.1. The molecule has 34 heavy (non-hydrogen) atoms. The van der Waals surface area contributed by atoms with Gasteiger partial charge in [-0.1, -0.05) is 36.3 Å². The fraction of sp³-hybridized carbons (Fsp3) is 0.154. The van der Waals surface area contributed by atoms with Crippen LogP contribution in [-0.4, -0.2) is 40.4 Å². The second-order valence-electron chi connectivity index (χ2n) is 7.74. The zero-order valence-electron chi connectivity index (χ0n) is 18.6. The van der Waals surface area contributed by atoms with Crippen molar-refractivity contribution in [3.63, 3.8) is 0 Å². The van der Waals surface area contributed by atoms with Gasteiger partial charge in [-0.15, -0.1) is 6.42 Å². The minimum Gasteiger partial charge on any atom is -0.358 e. The predicted octanol–water partition coefficient (Wildman–Crippen LogP) is 2.81. The first-order valence-corrected chi connectivity index (χ1v) is 12.1. The number of fused-ring (bicyclic) bond motifs is 1. The van der Waals surface area contributed by atoms with Crippen molar-refractivity contribution in [1.29, 1.82) is 0 Å². The van der Waals surface area contributed by atoms with Crippen LogP contribution in [0.3, 0.4) is 0 Å². The summed E-state index contributed by atoms with van der Waals surface area (Å²) in [4.78, 5) is 26.9. The molecule has 0 aromatic heterocycles. The number of rotatable bonds is 6. The number of hydrogen-bond donors (Lipinski definition) is 1. The van der Waals surface area contributed by atoms with E-state index in [9.17, 15) is 18.0 Å². The standard InChI is InChI=1S/C26H23N3O4S/c1-3-19-8-6-11-22(16-19)28(18-25(30)27-2)26(31)21-10-7-12-23(17-21)34(32,33)29-15-14-20-9-4-5-13-24(20)29/h1,4-13,16-17H,14-15,18H2,2H3,(H,27,30). The molecule has 0 saturated heterocycles. The second-order valence-corrected chi connectivity index (χ2v) is 9.61. The summed E-state index contributed by atoms with van der Waals surface area (Å²) in [6, 6.07) is 19.9. The molecule has 0 atom stereocenters. The van der Waals surface area contributed by atoms with Gasteiger partial charge in [0.25, 0.3) is 15.9 Å². The molecule has 0 spiro atoms. The summed E-state index contributed by atoms with van der Waals surface area (Å²) in [5.41, 5.74) is 2.74. The molecule has 1 heterocycles. The maximum atomic E-state index is 13.5. The lowest BCUT2D eigenvalue weighted by molar-refractivity contribution is -0.119. The third-order valence-electron chi connectivity index (χ3n) is 5.66. The molecule has 0 fully saturated rings. The maximum Gasteiger partial charge on any atom is 0.264 e. The van der Waals surface area contributed by atoms with Crippen LogP contribution in [0.1, 0.15) is 21.5 Å². The van der Waals surface area contributed by atoms with Crippen molar-refractivity contribution >= 4 is 33.2 Å². The average molecular weight is 474 g/mol. The SMILES string of the molecule is C#Cc1cccc(N(CC(=O)NC)C(=O)c2cccc(S(=O)(=O)N3CCc4ccccc43)c2)c1. The van der Waals surface area contributed by atoms with Gasteiger partial charge < -0.3 is 5.32 Å². The van der Waals surface area contributed by atoms with Gasteiger partial charge in [0.1, 0.15) is 6.54 Å². The highest BCUT2D eigenvalue weighted by Gasteiger charge is 2.31. The molecule has 1 aliphatic rings. The van der Waals surface area contributed by atoms with E-state index >= 15 is 0 Å². The van der Waals surface area contributed by atoms with Gasteiger partial charge in [-0.25, -0.2) is 8.42 Å². The van der Waals surface area contributed by atoms with Gasteiger partial charge in [0.05, 0.1) is 10.6 Å². The normalized spacial score (nSPS) is 12.5. The molecule has 0 aliphatic carbocycles. The number of amides is 2. The number of nitrogens with one attached hydrogen (secondary N) is 1. The molecule has 0 unspecified atom stereocenters. The highest BCUT2D eigenvalue weighted by molar-refractivity contribution is 7.92. The van der Waals surface area contributed by atoms with E-state index in [0.29, 0.717) is 29.9 Å². The molecule has 3 aromatic rings. The Bertz CT molecular complexity index is 1410. The number of likely N-dealkylation sites (N-methyl/N-ethyl adjacent to an activating group) is 1. The topological polar surface area (TPSA) is 86.8 Å². The number of hydrogen-bond acceptors (Lipinski definition) is 4. The van der Waals surface area contributed by atoms with E-state index in [1.54, 1.807) is 36.4 Å². The predicted molar refractivity (Wildman–Crippen MR) is 131 cm³/mol. The summed E-state index contributed by atoms with van der Waals surface area (Å²) in [6.45, 7) is 0.0847. The van der Waals surface area contributed by atoms with Crippen molar-refractivity contribution in [3.05, 3.63) is 89.5 Å². The molecule has 0 saturated carbocycles. The van der Waals surface area contributed by atoms with Gasteiger partial charge in [0.2, 0.25) is 5.91 Å². The molecule has 0 bridgehead atoms. The summed E-state index contributed by atoms with van der Waals surface area (Å²) >= 11 is 0. The largest absolute Gasteiger partial charge is 0.358 e. The zero-order valence-corrected chi connectivity index (χ0v) is 19.4. The molecule has 1 N–H and O–H groups in total. The molecule has 2 amide bonds. The van der Waals surface area contributed by atoms with Crippen molar-refractivity contribution in [3.8, 4) is 12.3 Å². The molecule has 3 aromatic carbocycles. The van der Waals surface area contributed by atoms with E-state index in [0.717, 1.165) is 5.56 Å². The van der Waals surface area contributed by atoms with E-state index in [1.807, 2.05) is 12.1 Å². The Labute approximate surface area is 199 Å². The van der Waals surface area contributed by atoms with Crippen LogP contribution < -0.4 is 14.5 Å². The molecule has 7 nitrogen and oxygen atoms in total. The molecule has 0 radical (unpaired) electrons. The summed E-state index contributed by atoms with van der Waals surface area (Å²) in [7, 11) is -2.40. The number of nitrogens with zero attached hydrogens (tertiary/aromatic N) is 2. The fourth-order valence-corrected chi connectivity index (χ4v) is 5.45. The van der Waals surface area contributed by atoms with Crippen LogP contribution in [0.4, 0.5) is 11.4 Å². The molecular formula is C26H23N3O4S. The number of carbonyl (C=O) groups is 2. The van der Waals surface area contributed by atoms with Gasteiger partial charge >= 0.3 is 0 Å². The Kier molecular flexibility index (Phi) is 6.39. The van der Waals surface area contributed by atoms with Crippen LogP contribution in [0.5, 0.6) is 0 Å². The highest BCUT2D eigenvalue weighted by Crippen LogP contribution is 2.33. The smallest absolute Gasteiger partial charge is 0.264 e. The Morgan fingerprint density at radius 1 is 1.06 bits per heavy atom. The number of sulfonamides is 1. The summed E-state index contributed by atoms with van der Waals surface area (Å²) < 4.78 is 28.2. The number of anilines is 2. The number of para-hydroxylation sites is 1. The van der Waals surface area contributed by atoms with Crippen molar-refractivity contribution in [2.24, 2.45) is 0 Å². The van der Waals surface area contributed by atoms with Crippen molar-refractivity contribution in [2.45, 2.75) is 11.3 Å². The lowest BCUT2D eigenvalue weighted by Gasteiger charge is -2.23. The van der Waals surface area contributed by atoms with E-state index in [1.165, 1.54) is 40.5 Å². The van der Waals surface area contributed by atoms with Gasteiger partial charge in [-0.2, -0.15) is 0 Å². The monoisotopic (exact) mass is 473 g/mol. The van der Waals surface area contributed by atoms with Gasteiger partial charge in [0.15, 0.2) is 0 Å². The minimum absolute atomic E-state index is 0.00678. The first-order chi connectivity index (χ1) is 16.3. The lowest BCUT2D eigenvalue weighted by Crippen LogP contribution is -2.40. The zero-order chi connectivity index (χ0) is 24.3. The first-order valence-electron chi connectivity index (χ1n) is 10.6. The Hall–Kier alpha value is -4.09. The molecule has 8 heteroatoms. The number of carbonyl (C=O) groups excluding carboxylic acids is 2. The van der Waals surface area contributed by atoms with Crippen LogP contribution >= 0.6 is 0 Å². The minimum atomic E-state index is -3.88. The maximum absolute atomic E-state index is 13.5. The van der Waals surface area contributed by atoms with Crippen LogP contribution in [0.2, 0.25) is 0 Å². The molecule has 1 aliphatic heterocycles. The Morgan fingerprint density at radius 2 is 1.82 bits per heavy atom. The second kappa shape index (κ2) is 9.41. The Morgan fingerprint density at radius 3 is 2.59 bits per heavy atom. The molecule has 172 valence electrons. The summed E-state index contributed by atoms with van der Waals surface area (Å²) in [5.74, 6) is 1.62. The van der Waals surface area contributed by atoms with Crippen LogP contribution in [0.25, 0.3) is 0 Å². The summed E-state index contributed by atoms with van der Waals surface area (Å²) in [6.07, 6.45) is 6.12. The Balaban J connectivity index is 1.71. The van der Waals surface area contributed by atoms with Gasteiger partial charge in [-0.3, -0.25) is 18.8 Å². The van der Waals surface area contributed by atoms with Crippen LogP contribution in [0.15, 0.2) is 77.7 Å². The number of benzene rings is 3. The highest BCUT2D eigenvalue weighted by atomic mass is 32.2. The summed E-state index contributed by atoms with van der Waals surface area (Å²) in [5, 5.41) is 2.51. The quantitative estimate of drug-likeness (QED) is 0.558. The third-order valence-corrected chi connectivity index (χ3v) is 7.47. The van der Waals surface area contributed by atoms with E-state index in [-0.39, 0.29) is 22.9 Å². The fourth-order valence-electron chi connectivity index (χ4n) is 3.90. The van der Waals surface area contributed by atoms with Crippen LogP contribution in [-0.2, 0) is 21.2 Å². The third kappa shape index (κ3) is 4.38. The average Bonchev–Trinajstić information content (AvgIpc) is 3.32. The molecule has 4 rings (SSSR count). The van der Waals surface area contributed by atoms with E-state index in [4.69, 9.17) is 6.42 Å². The van der Waals surface area contributed by atoms with Crippen molar-refractivity contribution < 1.29 is 18.0 Å². The van der Waals surface area contributed by atoms with Gasteiger partial charge in [-0.05, 0) is 54.4 Å². The van der Waals surface area contributed by atoms with E-state index < -0.39 is 15.9 Å². The van der Waals surface area contributed by atoms with E-state index in [2.05, 4.69) is 11.2 Å². The first kappa shape index (κ1) is 23.1. The van der Waals surface area contributed by atoms with Crippen molar-refractivity contribution in [2.75, 3.05) is 29.3 Å². The van der Waals surface area contributed by atoms with Gasteiger partial charge in [0, 0.05) is 30.4 Å². The molecular weight excluding hydrogens is 450 g/mol.